The molecule has 1 unspecified atom stereocenters. The van der Waals surface area contributed by atoms with Crippen molar-refractivity contribution in [3.05, 3.63) is 70.8 Å². The molecule has 130 valence electrons. The zero-order valence-electron chi connectivity index (χ0n) is 14.4. The summed E-state index contributed by atoms with van der Waals surface area (Å²) in [6.07, 6.45) is 2.70. The molecule has 1 saturated carbocycles. The molecule has 25 heavy (non-hydrogen) atoms. The zero-order valence-corrected chi connectivity index (χ0v) is 14.4. The van der Waals surface area contributed by atoms with Crippen LogP contribution in [0.4, 0.5) is 0 Å². The van der Waals surface area contributed by atoms with Crippen LogP contribution in [0.1, 0.15) is 51.1 Å². The summed E-state index contributed by atoms with van der Waals surface area (Å²) in [6.45, 7) is 2.01. The molecule has 2 aromatic rings. The number of carbonyl (C=O) groups excluding carboxylic acids is 2. The van der Waals surface area contributed by atoms with Crippen molar-refractivity contribution in [1.29, 1.82) is 0 Å². The zero-order chi connectivity index (χ0) is 17.8. The Kier molecular flexibility index (Phi) is 5.29. The molecule has 4 nitrogen and oxygen atoms in total. The first-order valence-corrected chi connectivity index (χ1v) is 8.72. The predicted octanol–water partition coefficient (Wildman–Crippen LogP) is 3.12. The van der Waals surface area contributed by atoms with Crippen LogP contribution < -0.4 is 5.32 Å². The third kappa shape index (κ3) is 4.15. The molecule has 0 aromatic heterocycles. The van der Waals surface area contributed by atoms with Crippen LogP contribution in [0.5, 0.6) is 0 Å². The Morgan fingerprint density at radius 3 is 2.32 bits per heavy atom. The van der Waals surface area contributed by atoms with E-state index in [1.807, 2.05) is 19.1 Å². The lowest BCUT2D eigenvalue weighted by Crippen LogP contribution is -2.37. The van der Waals surface area contributed by atoms with Crippen molar-refractivity contribution in [2.45, 2.75) is 32.2 Å². The molecule has 0 saturated heterocycles. The monoisotopic (exact) mass is 337 g/mol. The van der Waals surface area contributed by atoms with Gasteiger partial charge in [0.25, 0.3) is 5.91 Å². The van der Waals surface area contributed by atoms with Gasteiger partial charge < -0.3 is 10.4 Å². The first-order valence-electron chi connectivity index (χ1n) is 8.72. The van der Waals surface area contributed by atoms with E-state index in [0.717, 1.165) is 18.4 Å². The first-order chi connectivity index (χ1) is 12.1. The Morgan fingerprint density at radius 1 is 1.08 bits per heavy atom. The highest BCUT2D eigenvalue weighted by Gasteiger charge is 2.32. The van der Waals surface area contributed by atoms with E-state index >= 15 is 0 Å². The van der Waals surface area contributed by atoms with Gasteiger partial charge in [-0.1, -0.05) is 48.0 Å². The second-order valence-electron chi connectivity index (χ2n) is 6.67. The molecule has 1 amide bonds. The Morgan fingerprint density at radius 2 is 1.72 bits per heavy atom. The van der Waals surface area contributed by atoms with Crippen molar-refractivity contribution in [3.8, 4) is 0 Å². The van der Waals surface area contributed by atoms with E-state index < -0.39 is 0 Å². The quantitative estimate of drug-likeness (QED) is 0.763. The van der Waals surface area contributed by atoms with E-state index in [-0.39, 0.29) is 24.3 Å². The van der Waals surface area contributed by atoms with Gasteiger partial charge in [-0.05, 0) is 38.2 Å². The molecule has 2 aromatic carbocycles. The standard InChI is InChI=1S/C21H23NO3/c1-14-6-8-16(9-7-14)20(24)17-4-2-3-5-18(17)21(25)22-19(12-13-23)15-10-11-15/h2-9,15,19,23H,10-13H2,1H3,(H,22,25). The molecule has 0 aliphatic heterocycles. The normalized spacial score (nSPS) is 14.8. The number of hydrogen-bond acceptors (Lipinski definition) is 3. The number of hydrogen-bond donors (Lipinski definition) is 2. The number of aliphatic hydroxyl groups is 1. The van der Waals surface area contributed by atoms with Gasteiger partial charge in [0.05, 0.1) is 5.56 Å². The van der Waals surface area contributed by atoms with Gasteiger partial charge in [0.1, 0.15) is 0 Å². The largest absolute Gasteiger partial charge is 0.396 e. The van der Waals surface area contributed by atoms with Gasteiger partial charge in [0, 0.05) is 23.8 Å². The van der Waals surface area contributed by atoms with Crippen LogP contribution in [-0.2, 0) is 0 Å². The van der Waals surface area contributed by atoms with E-state index in [2.05, 4.69) is 5.32 Å². The Labute approximate surface area is 147 Å². The van der Waals surface area contributed by atoms with Gasteiger partial charge in [0.15, 0.2) is 5.78 Å². The molecule has 0 heterocycles. The molecular formula is C21H23NO3. The highest BCUT2D eigenvalue weighted by Crippen LogP contribution is 2.34. The van der Waals surface area contributed by atoms with Crippen molar-refractivity contribution >= 4 is 11.7 Å². The number of amides is 1. The predicted molar refractivity (Wildman–Crippen MR) is 96.7 cm³/mol. The minimum Gasteiger partial charge on any atom is -0.396 e. The fraction of sp³-hybridized carbons (Fsp3) is 0.333. The number of nitrogens with one attached hydrogen (secondary N) is 1. The van der Waals surface area contributed by atoms with E-state index in [1.165, 1.54) is 0 Å². The molecule has 0 spiro atoms. The number of benzene rings is 2. The third-order valence-corrected chi connectivity index (χ3v) is 4.68. The van der Waals surface area contributed by atoms with Crippen LogP contribution in [0, 0.1) is 12.8 Å². The van der Waals surface area contributed by atoms with Gasteiger partial charge in [-0.15, -0.1) is 0 Å². The number of aryl methyl sites for hydroxylation is 1. The van der Waals surface area contributed by atoms with E-state index in [1.54, 1.807) is 36.4 Å². The molecule has 2 N–H and O–H groups in total. The SMILES string of the molecule is Cc1ccc(C(=O)c2ccccc2C(=O)NC(CCO)C2CC2)cc1. The van der Waals surface area contributed by atoms with Crippen LogP contribution >= 0.6 is 0 Å². The lowest BCUT2D eigenvalue weighted by Gasteiger charge is -2.18. The smallest absolute Gasteiger partial charge is 0.252 e. The minimum atomic E-state index is -0.249. The van der Waals surface area contributed by atoms with Crippen molar-refractivity contribution in [2.75, 3.05) is 6.61 Å². The highest BCUT2D eigenvalue weighted by atomic mass is 16.3. The maximum Gasteiger partial charge on any atom is 0.252 e. The average Bonchev–Trinajstić information content (AvgIpc) is 3.46. The van der Waals surface area contributed by atoms with Crippen molar-refractivity contribution in [3.63, 3.8) is 0 Å². The van der Waals surface area contributed by atoms with Crippen LogP contribution in [-0.4, -0.2) is 29.4 Å². The summed E-state index contributed by atoms with van der Waals surface area (Å²) in [7, 11) is 0. The summed E-state index contributed by atoms with van der Waals surface area (Å²) < 4.78 is 0. The molecular weight excluding hydrogens is 314 g/mol. The average molecular weight is 337 g/mol. The second kappa shape index (κ2) is 7.62. The summed E-state index contributed by atoms with van der Waals surface area (Å²) in [6, 6.07) is 14.2. The molecule has 3 rings (SSSR count). The molecule has 0 radical (unpaired) electrons. The summed E-state index contributed by atoms with van der Waals surface area (Å²) >= 11 is 0. The maximum absolute atomic E-state index is 12.8. The number of rotatable bonds is 7. The topological polar surface area (TPSA) is 66.4 Å². The maximum atomic E-state index is 12.8. The first kappa shape index (κ1) is 17.4. The Bertz CT molecular complexity index is 763. The van der Waals surface area contributed by atoms with Gasteiger partial charge in [0.2, 0.25) is 0 Å². The number of ketones is 1. The van der Waals surface area contributed by atoms with Gasteiger partial charge in [-0.2, -0.15) is 0 Å². The van der Waals surface area contributed by atoms with Crippen LogP contribution in [0.15, 0.2) is 48.5 Å². The van der Waals surface area contributed by atoms with Crippen LogP contribution in [0.3, 0.4) is 0 Å². The molecule has 1 aliphatic carbocycles. The highest BCUT2D eigenvalue weighted by molar-refractivity contribution is 6.15. The molecule has 1 atom stereocenters. The molecule has 1 aliphatic rings. The van der Waals surface area contributed by atoms with Crippen molar-refractivity contribution in [2.24, 2.45) is 5.92 Å². The molecule has 0 bridgehead atoms. The minimum absolute atomic E-state index is 0.0277. The number of aliphatic hydroxyl groups excluding tert-OH is 1. The van der Waals surface area contributed by atoms with Crippen LogP contribution in [0.2, 0.25) is 0 Å². The van der Waals surface area contributed by atoms with Crippen LogP contribution in [0.25, 0.3) is 0 Å². The Balaban J connectivity index is 1.83. The van der Waals surface area contributed by atoms with Crippen molar-refractivity contribution in [1.82, 2.24) is 5.32 Å². The lowest BCUT2D eigenvalue weighted by molar-refractivity contribution is 0.0915. The fourth-order valence-electron chi connectivity index (χ4n) is 3.05. The second-order valence-corrected chi connectivity index (χ2v) is 6.67. The van der Waals surface area contributed by atoms with Gasteiger partial charge in [-0.25, -0.2) is 0 Å². The summed E-state index contributed by atoms with van der Waals surface area (Å²) in [4.78, 5) is 25.5. The lowest BCUT2D eigenvalue weighted by atomic mass is 9.97. The Hall–Kier alpha value is -2.46. The van der Waals surface area contributed by atoms with Crippen molar-refractivity contribution < 1.29 is 14.7 Å². The van der Waals surface area contributed by atoms with Gasteiger partial charge >= 0.3 is 0 Å². The molecule has 4 heteroatoms. The third-order valence-electron chi connectivity index (χ3n) is 4.68. The fourth-order valence-corrected chi connectivity index (χ4v) is 3.05. The van der Waals surface area contributed by atoms with E-state index in [0.29, 0.717) is 29.0 Å². The molecule has 1 fully saturated rings. The summed E-state index contributed by atoms with van der Waals surface area (Å²) in [5, 5.41) is 12.2. The van der Waals surface area contributed by atoms with E-state index in [4.69, 9.17) is 0 Å². The van der Waals surface area contributed by atoms with E-state index in [9.17, 15) is 14.7 Å². The number of carbonyl (C=O) groups is 2. The summed E-state index contributed by atoms with van der Waals surface area (Å²) in [5.41, 5.74) is 2.44. The summed E-state index contributed by atoms with van der Waals surface area (Å²) in [5.74, 6) is 0.0355. The van der Waals surface area contributed by atoms with Gasteiger partial charge in [-0.3, -0.25) is 9.59 Å².